The van der Waals surface area contributed by atoms with Crippen LogP contribution >= 0.6 is 0 Å². The van der Waals surface area contributed by atoms with E-state index >= 15 is 0 Å². The molecule has 6 nitrogen and oxygen atoms in total. The van der Waals surface area contributed by atoms with Crippen LogP contribution in [0.15, 0.2) is 24.3 Å². The van der Waals surface area contributed by atoms with Crippen LogP contribution in [-0.2, 0) is 0 Å². The number of nitrogens with zero attached hydrogens (tertiary/aromatic N) is 5. The summed E-state index contributed by atoms with van der Waals surface area (Å²) < 4.78 is 7.34. The monoisotopic (exact) mass is 311 g/mol. The van der Waals surface area contributed by atoms with Crippen molar-refractivity contribution in [2.75, 3.05) is 45.2 Å². The number of rotatable bonds is 2. The van der Waals surface area contributed by atoms with Crippen LogP contribution in [0.1, 0.15) is 5.69 Å². The maximum atomic E-state index is 5.36. The van der Waals surface area contributed by atoms with E-state index in [2.05, 4.69) is 28.0 Å². The molecule has 0 bridgehead atoms. The SMILES string of the molecule is COc1ccc2nc(N3CCN(C)CC3)n3nc(C)cc3c2c1. The molecular formula is C17H21N5O. The van der Waals surface area contributed by atoms with Crippen LogP contribution in [0, 0.1) is 6.92 Å². The van der Waals surface area contributed by atoms with Crippen molar-refractivity contribution in [2.45, 2.75) is 6.92 Å². The molecule has 1 saturated heterocycles. The average Bonchev–Trinajstić information content (AvgIpc) is 2.96. The third-order valence-corrected chi connectivity index (χ3v) is 4.51. The first-order valence-corrected chi connectivity index (χ1v) is 7.93. The van der Waals surface area contributed by atoms with Crippen molar-refractivity contribution in [3.8, 4) is 5.75 Å². The second-order valence-corrected chi connectivity index (χ2v) is 6.17. The average molecular weight is 311 g/mol. The van der Waals surface area contributed by atoms with Gasteiger partial charge in [-0.15, -0.1) is 0 Å². The van der Waals surface area contributed by atoms with Crippen molar-refractivity contribution in [3.05, 3.63) is 30.0 Å². The van der Waals surface area contributed by atoms with Gasteiger partial charge < -0.3 is 14.5 Å². The fourth-order valence-electron chi connectivity index (χ4n) is 3.15. The summed E-state index contributed by atoms with van der Waals surface area (Å²) in [6.45, 7) is 6.05. The second kappa shape index (κ2) is 5.38. The Bertz CT molecular complexity index is 864. The molecule has 1 aliphatic rings. The molecule has 1 fully saturated rings. The highest BCUT2D eigenvalue weighted by atomic mass is 16.5. The van der Waals surface area contributed by atoms with E-state index in [0.29, 0.717) is 0 Å². The Hall–Kier alpha value is -2.34. The largest absolute Gasteiger partial charge is 0.497 e. The molecule has 0 amide bonds. The number of methoxy groups -OCH3 is 1. The molecule has 3 aromatic rings. The zero-order valence-electron chi connectivity index (χ0n) is 13.8. The fourth-order valence-corrected chi connectivity index (χ4v) is 3.15. The molecule has 0 N–H and O–H groups in total. The van der Waals surface area contributed by atoms with Crippen LogP contribution in [0.3, 0.4) is 0 Å². The summed E-state index contributed by atoms with van der Waals surface area (Å²) >= 11 is 0. The molecule has 0 atom stereocenters. The topological polar surface area (TPSA) is 45.9 Å². The first-order chi connectivity index (χ1) is 11.2. The summed E-state index contributed by atoms with van der Waals surface area (Å²) in [4.78, 5) is 9.56. The van der Waals surface area contributed by atoms with Gasteiger partial charge in [-0.3, -0.25) is 0 Å². The van der Waals surface area contributed by atoms with Crippen LogP contribution in [0.25, 0.3) is 16.4 Å². The summed E-state index contributed by atoms with van der Waals surface area (Å²) in [6.07, 6.45) is 0. The zero-order valence-corrected chi connectivity index (χ0v) is 13.8. The number of likely N-dealkylation sites (N-methyl/N-ethyl adjacent to an activating group) is 1. The Kier molecular flexibility index (Phi) is 3.34. The van der Waals surface area contributed by atoms with Crippen LogP contribution in [-0.4, -0.2) is 59.8 Å². The van der Waals surface area contributed by atoms with Crippen LogP contribution in [0.5, 0.6) is 5.75 Å². The maximum Gasteiger partial charge on any atom is 0.227 e. The lowest BCUT2D eigenvalue weighted by atomic mass is 10.2. The summed E-state index contributed by atoms with van der Waals surface area (Å²) in [5, 5.41) is 5.74. The lowest BCUT2D eigenvalue weighted by Gasteiger charge is -2.33. The Balaban J connectivity index is 1.92. The van der Waals surface area contributed by atoms with Crippen molar-refractivity contribution < 1.29 is 4.74 Å². The standard InChI is InChI=1S/C17H21N5O/c1-12-10-16-14-11-13(23-3)4-5-15(14)18-17(22(16)19-12)21-8-6-20(2)7-9-21/h4-5,10-11H,6-9H2,1-3H3. The lowest BCUT2D eigenvalue weighted by Crippen LogP contribution is -2.45. The zero-order chi connectivity index (χ0) is 16.0. The van der Waals surface area contributed by atoms with Crippen LogP contribution < -0.4 is 9.64 Å². The van der Waals surface area contributed by atoms with Crippen molar-refractivity contribution in [3.63, 3.8) is 0 Å². The van der Waals surface area contributed by atoms with Gasteiger partial charge in [0.05, 0.1) is 23.8 Å². The number of piperazine rings is 1. The van der Waals surface area contributed by atoms with Gasteiger partial charge in [0.15, 0.2) is 0 Å². The van der Waals surface area contributed by atoms with Gasteiger partial charge in [-0.1, -0.05) is 0 Å². The number of aryl methyl sites for hydroxylation is 1. The van der Waals surface area contributed by atoms with Gasteiger partial charge in [0.25, 0.3) is 0 Å². The Morgan fingerprint density at radius 1 is 1.09 bits per heavy atom. The van der Waals surface area contributed by atoms with E-state index in [1.54, 1.807) is 7.11 Å². The van der Waals surface area contributed by atoms with Gasteiger partial charge in [0.1, 0.15) is 5.75 Å². The molecule has 0 spiro atoms. The summed E-state index contributed by atoms with van der Waals surface area (Å²) in [6, 6.07) is 8.13. The molecule has 4 rings (SSSR count). The van der Waals surface area contributed by atoms with E-state index < -0.39 is 0 Å². The maximum absolute atomic E-state index is 5.36. The number of ether oxygens (including phenoxy) is 1. The van der Waals surface area contributed by atoms with Gasteiger partial charge in [-0.05, 0) is 38.2 Å². The molecule has 2 aromatic heterocycles. The third kappa shape index (κ3) is 2.39. The van der Waals surface area contributed by atoms with Gasteiger partial charge in [-0.25, -0.2) is 4.98 Å². The molecule has 1 aromatic carbocycles. The summed E-state index contributed by atoms with van der Waals surface area (Å²) in [5.41, 5.74) is 3.06. The highest BCUT2D eigenvalue weighted by Crippen LogP contribution is 2.28. The highest BCUT2D eigenvalue weighted by molar-refractivity contribution is 5.95. The molecular weight excluding hydrogens is 290 g/mol. The molecule has 3 heterocycles. The molecule has 6 heteroatoms. The molecule has 0 saturated carbocycles. The van der Waals surface area contributed by atoms with Crippen molar-refractivity contribution in [1.82, 2.24) is 19.5 Å². The minimum absolute atomic E-state index is 0.840. The van der Waals surface area contributed by atoms with E-state index in [4.69, 9.17) is 9.72 Å². The molecule has 1 aliphatic heterocycles. The Morgan fingerprint density at radius 2 is 1.87 bits per heavy atom. The van der Waals surface area contributed by atoms with Gasteiger partial charge in [0.2, 0.25) is 5.95 Å². The van der Waals surface area contributed by atoms with Crippen LogP contribution in [0.2, 0.25) is 0 Å². The van der Waals surface area contributed by atoms with E-state index in [0.717, 1.165) is 60.0 Å². The Morgan fingerprint density at radius 3 is 2.61 bits per heavy atom. The number of hydrogen-bond donors (Lipinski definition) is 0. The quantitative estimate of drug-likeness (QED) is 0.724. The molecule has 0 aliphatic carbocycles. The minimum Gasteiger partial charge on any atom is -0.497 e. The number of benzene rings is 1. The normalized spacial score (nSPS) is 16.4. The summed E-state index contributed by atoms with van der Waals surface area (Å²) in [7, 11) is 3.84. The molecule has 0 unspecified atom stereocenters. The summed E-state index contributed by atoms with van der Waals surface area (Å²) in [5.74, 6) is 1.77. The van der Waals surface area contributed by atoms with Gasteiger partial charge in [-0.2, -0.15) is 9.61 Å². The number of fused-ring (bicyclic) bond motifs is 3. The van der Waals surface area contributed by atoms with Crippen molar-refractivity contribution >= 4 is 22.4 Å². The van der Waals surface area contributed by atoms with Crippen molar-refractivity contribution in [1.29, 1.82) is 0 Å². The lowest BCUT2D eigenvalue weighted by molar-refractivity contribution is 0.310. The fraction of sp³-hybridized carbons (Fsp3) is 0.412. The van der Waals surface area contributed by atoms with E-state index in [9.17, 15) is 0 Å². The molecule has 0 radical (unpaired) electrons. The van der Waals surface area contributed by atoms with E-state index in [-0.39, 0.29) is 0 Å². The number of aromatic nitrogens is 3. The highest BCUT2D eigenvalue weighted by Gasteiger charge is 2.20. The predicted molar refractivity (Wildman–Crippen MR) is 91.5 cm³/mol. The molecule has 23 heavy (non-hydrogen) atoms. The van der Waals surface area contributed by atoms with Crippen molar-refractivity contribution in [2.24, 2.45) is 0 Å². The van der Waals surface area contributed by atoms with Crippen LogP contribution in [0.4, 0.5) is 5.95 Å². The van der Waals surface area contributed by atoms with E-state index in [1.165, 1.54) is 0 Å². The third-order valence-electron chi connectivity index (χ3n) is 4.51. The number of hydrogen-bond acceptors (Lipinski definition) is 5. The Labute approximate surface area is 135 Å². The van der Waals surface area contributed by atoms with Gasteiger partial charge in [0, 0.05) is 31.6 Å². The molecule has 120 valence electrons. The van der Waals surface area contributed by atoms with E-state index in [1.807, 2.05) is 29.6 Å². The number of anilines is 1. The second-order valence-electron chi connectivity index (χ2n) is 6.17. The first kappa shape index (κ1) is 14.3. The minimum atomic E-state index is 0.840. The smallest absolute Gasteiger partial charge is 0.227 e. The van der Waals surface area contributed by atoms with Gasteiger partial charge >= 0.3 is 0 Å². The first-order valence-electron chi connectivity index (χ1n) is 7.93. The predicted octanol–water partition coefficient (Wildman–Crippen LogP) is 1.95.